The van der Waals surface area contributed by atoms with Gasteiger partial charge in [-0.25, -0.2) is 9.97 Å². The second kappa shape index (κ2) is 7.62. The maximum atomic E-state index is 6.22. The molecule has 1 aromatic heterocycles. The van der Waals surface area contributed by atoms with Crippen LogP contribution in [0.15, 0.2) is 24.3 Å². The fraction of sp³-hybridized carbons (Fsp3) is 0.375. The van der Waals surface area contributed by atoms with Gasteiger partial charge in [-0.2, -0.15) is 0 Å². The summed E-state index contributed by atoms with van der Waals surface area (Å²) in [6.07, 6.45) is 2.46. The van der Waals surface area contributed by atoms with Crippen LogP contribution in [0.4, 0.5) is 5.82 Å². The summed E-state index contributed by atoms with van der Waals surface area (Å²) in [6, 6.07) is 7.50. The molecule has 0 aliphatic carbocycles. The lowest BCUT2D eigenvalue weighted by atomic mass is 10.1. The molecule has 0 saturated heterocycles. The Kier molecular flexibility index (Phi) is 5.83. The molecule has 5 heteroatoms. The number of hydrogen-bond donors (Lipinski definition) is 1. The largest absolute Gasteiger partial charge is 0.370 e. The summed E-state index contributed by atoms with van der Waals surface area (Å²) in [5.41, 5.74) is 1.89. The Hall–Kier alpha value is -1.32. The van der Waals surface area contributed by atoms with Crippen molar-refractivity contribution < 1.29 is 0 Å². The van der Waals surface area contributed by atoms with Crippen molar-refractivity contribution in [3.8, 4) is 0 Å². The van der Waals surface area contributed by atoms with Crippen molar-refractivity contribution in [2.45, 2.75) is 33.1 Å². The van der Waals surface area contributed by atoms with E-state index in [0.29, 0.717) is 16.5 Å². The van der Waals surface area contributed by atoms with Gasteiger partial charge < -0.3 is 5.32 Å². The molecule has 2 rings (SSSR count). The molecule has 0 saturated carbocycles. The van der Waals surface area contributed by atoms with Gasteiger partial charge in [0.25, 0.3) is 0 Å². The van der Waals surface area contributed by atoms with Gasteiger partial charge in [-0.05, 0) is 30.5 Å². The lowest BCUT2D eigenvalue weighted by Crippen LogP contribution is -2.08. The van der Waals surface area contributed by atoms with Crippen molar-refractivity contribution in [1.82, 2.24) is 9.97 Å². The highest BCUT2D eigenvalue weighted by Crippen LogP contribution is 2.26. The molecule has 112 valence electrons. The first-order valence-electron chi connectivity index (χ1n) is 7.17. The molecule has 0 aliphatic heterocycles. The van der Waals surface area contributed by atoms with Gasteiger partial charge in [0.05, 0.1) is 0 Å². The van der Waals surface area contributed by atoms with Gasteiger partial charge in [0.15, 0.2) is 0 Å². The van der Waals surface area contributed by atoms with E-state index < -0.39 is 0 Å². The van der Waals surface area contributed by atoms with Gasteiger partial charge in [-0.3, -0.25) is 0 Å². The minimum absolute atomic E-state index is 0.535. The van der Waals surface area contributed by atoms with Crippen LogP contribution in [-0.4, -0.2) is 16.5 Å². The molecule has 1 N–H and O–H groups in total. The van der Waals surface area contributed by atoms with E-state index in [1.165, 1.54) is 0 Å². The van der Waals surface area contributed by atoms with Crippen LogP contribution in [0.3, 0.4) is 0 Å². The summed E-state index contributed by atoms with van der Waals surface area (Å²) in [7, 11) is 0. The molecule has 0 unspecified atom stereocenters. The summed E-state index contributed by atoms with van der Waals surface area (Å²) >= 11 is 12.4. The van der Waals surface area contributed by atoms with E-state index in [1.54, 1.807) is 0 Å². The van der Waals surface area contributed by atoms with E-state index in [4.69, 9.17) is 23.2 Å². The third-order valence-electron chi connectivity index (χ3n) is 3.14. The quantitative estimate of drug-likeness (QED) is 0.832. The predicted octanol–water partition coefficient (Wildman–Crippen LogP) is 4.76. The van der Waals surface area contributed by atoms with Crippen molar-refractivity contribution in [2.24, 2.45) is 0 Å². The van der Waals surface area contributed by atoms with Crippen molar-refractivity contribution in [3.05, 3.63) is 51.4 Å². The van der Waals surface area contributed by atoms with Crippen molar-refractivity contribution in [1.29, 1.82) is 0 Å². The topological polar surface area (TPSA) is 37.8 Å². The molecular weight excluding hydrogens is 305 g/mol. The number of aromatic nitrogens is 2. The summed E-state index contributed by atoms with van der Waals surface area (Å²) in [5, 5.41) is 4.61. The van der Waals surface area contributed by atoms with Crippen LogP contribution in [0.1, 0.15) is 37.4 Å². The monoisotopic (exact) mass is 323 g/mol. The zero-order valence-electron chi connectivity index (χ0n) is 12.3. The molecule has 0 radical (unpaired) electrons. The molecule has 1 aromatic carbocycles. The Morgan fingerprint density at radius 2 is 1.81 bits per heavy atom. The Bertz CT molecular complexity index is 594. The average molecular weight is 324 g/mol. The number of hydrogen-bond acceptors (Lipinski definition) is 3. The Balaban J connectivity index is 2.30. The summed E-state index contributed by atoms with van der Waals surface area (Å²) in [5.74, 6) is 1.60. The standard InChI is InChI=1S/C16H19Cl2N3/c1-3-8-19-15-9-11(4-2)20-16(21-15)10-12-13(17)6-5-7-14(12)18/h5-7,9H,3-4,8,10H2,1-2H3,(H,19,20,21). The number of benzene rings is 1. The third-order valence-corrected chi connectivity index (χ3v) is 3.85. The van der Waals surface area contributed by atoms with Gasteiger partial charge in [0.1, 0.15) is 11.6 Å². The van der Waals surface area contributed by atoms with Crippen LogP contribution in [0.5, 0.6) is 0 Å². The number of aryl methyl sites for hydroxylation is 1. The lowest BCUT2D eigenvalue weighted by Gasteiger charge is -2.10. The summed E-state index contributed by atoms with van der Waals surface area (Å²) in [6.45, 7) is 5.10. The highest BCUT2D eigenvalue weighted by molar-refractivity contribution is 6.36. The highest BCUT2D eigenvalue weighted by atomic mass is 35.5. The fourth-order valence-electron chi connectivity index (χ4n) is 2.02. The zero-order chi connectivity index (χ0) is 15.2. The van der Waals surface area contributed by atoms with Crippen LogP contribution in [0.25, 0.3) is 0 Å². The average Bonchev–Trinajstić information content (AvgIpc) is 2.49. The van der Waals surface area contributed by atoms with Crippen molar-refractivity contribution in [2.75, 3.05) is 11.9 Å². The van der Waals surface area contributed by atoms with Crippen LogP contribution >= 0.6 is 23.2 Å². The predicted molar refractivity (Wildman–Crippen MR) is 89.5 cm³/mol. The third kappa shape index (κ3) is 4.32. The van der Waals surface area contributed by atoms with Gasteiger partial charge >= 0.3 is 0 Å². The van der Waals surface area contributed by atoms with Gasteiger partial charge in [-0.1, -0.05) is 43.1 Å². The molecule has 0 fully saturated rings. The van der Waals surface area contributed by atoms with E-state index >= 15 is 0 Å². The molecular formula is C16H19Cl2N3. The highest BCUT2D eigenvalue weighted by Gasteiger charge is 2.10. The van der Waals surface area contributed by atoms with Crippen molar-refractivity contribution >= 4 is 29.0 Å². The van der Waals surface area contributed by atoms with Crippen LogP contribution < -0.4 is 5.32 Å². The van der Waals surface area contributed by atoms with Crippen molar-refractivity contribution in [3.63, 3.8) is 0 Å². The molecule has 21 heavy (non-hydrogen) atoms. The Morgan fingerprint density at radius 1 is 1.10 bits per heavy atom. The second-order valence-electron chi connectivity index (χ2n) is 4.82. The van der Waals surface area contributed by atoms with Crippen LogP contribution in [0, 0.1) is 0 Å². The molecule has 1 heterocycles. The first kappa shape index (κ1) is 16.1. The van der Waals surface area contributed by atoms with E-state index in [0.717, 1.165) is 42.3 Å². The number of halogens is 2. The first-order chi connectivity index (χ1) is 10.1. The van der Waals surface area contributed by atoms with E-state index in [9.17, 15) is 0 Å². The zero-order valence-corrected chi connectivity index (χ0v) is 13.8. The van der Waals surface area contributed by atoms with E-state index in [2.05, 4.69) is 29.1 Å². The normalized spacial score (nSPS) is 10.7. The van der Waals surface area contributed by atoms with Gasteiger partial charge in [0, 0.05) is 34.8 Å². The maximum Gasteiger partial charge on any atom is 0.135 e. The fourth-order valence-corrected chi connectivity index (χ4v) is 2.55. The van der Waals surface area contributed by atoms with E-state index in [1.807, 2.05) is 24.3 Å². The van der Waals surface area contributed by atoms with Gasteiger partial charge in [0.2, 0.25) is 0 Å². The smallest absolute Gasteiger partial charge is 0.135 e. The Morgan fingerprint density at radius 3 is 2.43 bits per heavy atom. The Labute approximate surface area is 135 Å². The first-order valence-corrected chi connectivity index (χ1v) is 7.93. The molecule has 0 amide bonds. The number of anilines is 1. The van der Waals surface area contributed by atoms with Crippen LogP contribution in [0.2, 0.25) is 10.0 Å². The summed E-state index contributed by atoms with van der Waals surface area (Å²) in [4.78, 5) is 9.13. The van der Waals surface area contributed by atoms with Gasteiger partial charge in [-0.15, -0.1) is 0 Å². The molecule has 0 spiro atoms. The number of rotatable bonds is 6. The second-order valence-corrected chi connectivity index (χ2v) is 5.63. The molecule has 2 aromatic rings. The minimum Gasteiger partial charge on any atom is -0.370 e. The molecule has 0 aliphatic rings. The maximum absolute atomic E-state index is 6.22. The molecule has 0 bridgehead atoms. The lowest BCUT2D eigenvalue weighted by molar-refractivity contribution is 0.892. The summed E-state index contributed by atoms with van der Waals surface area (Å²) < 4.78 is 0. The van der Waals surface area contributed by atoms with E-state index in [-0.39, 0.29) is 0 Å². The number of nitrogens with zero attached hydrogens (tertiary/aromatic N) is 2. The molecule has 0 atom stereocenters. The van der Waals surface area contributed by atoms with Crippen LogP contribution in [-0.2, 0) is 12.8 Å². The number of nitrogens with one attached hydrogen (secondary N) is 1. The SMILES string of the molecule is CCCNc1cc(CC)nc(Cc2c(Cl)cccc2Cl)n1. The minimum atomic E-state index is 0.535. The molecule has 3 nitrogen and oxygen atoms in total.